The summed E-state index contributed by atoms with van der Waals surface area (Å²) in [6, 6.07) is 23.7. The number of para-hydroxylation sites is 1. The number of aromatic nitrogens is 2. The predicted molar refractivity (Wildman–Crippen MR) is 97.1 cm³/mol. The third-order valence-electron chi connectivity index (χ3n) is 3.73. The second kappa shape index (κ2) is 6.08. The minimum Gasteiger partial charge on any atom is -0.457 e. The van der Waals surface area contributed by atoms with Crippen LogP contribution in [0.15, 0.2) is 72.8 Å². The van der Waals surface area contributed by atoms with Crippen molar-refractivity contribution in [3.8, 4) is 11.5 Å². The molecule has 0 atom stereocenters. The van der Waals surface area contributed by atoms with Crippen molar-refractivity contribution in [1.29, 1.82) is 0 Å². The number of nitrogens with one attached hydrogen (secondary N) is 2. The van der Waals surface area contributed by atoms with Crippen molar-refractivity contribution in [2.24, 2.45) is 0 Å². The fourth-order valence-corrected chi connectivity index (χ4v) is 2.55. The zero-order valence-corrected chi connectivity index (χ0v) is 13.3. The van der Waals surface area contributed by atoms with Crippen LogP contribution < -0.4 is 10.1 Å². The highest BCUT2D eigenvalue weighted by Gasteiger charge is 2.04. The lowest BCUT2D eigenvalue weighted by Gasteiger charge is -2.07. The number of hydrogen-bond donors (Lipinski definition) is 2. The number of H-pyrrole nitrogens is 1. The molecule has 0 aliphatic rings. The lowest BCUT2D eigenvalue weighted by atomic mass is 10.2. The van der Waals surface area contributed by atoms with Crippen molar-refractivity contribution in [2.75, 3.05) is 5.32 Å². The summed E-state index contributed by atoms with van der Waals surface area (Å²) in [6.07, 6.45) is 0. The Morgan fingerprint density at radius 2 is 1.62 bits per heavy atom. The van der Waals surface area contributed by atoms with E-state index in [-0.39, 0.29) is 0 Å². The molecule has 0 fully saturated rings. The van der Waals surface area contributed by atoms with Crippen molar-refractivity contribution in [3.63, 3.8) is 0 Å². The van der Waals surface area contributed by atoms with Gasteiger partial charge in [0.1, 0.15) is 11.5 Å². The van der Waals surface area contributed by atoms with Gasteiger partial charge in [0.2, 0.25) is 5.95 Å². The first-order chi connectivity index (χ1) is 11.8. The summed E-state index contributed by atoms with van der Waals surface area (Å²) >= 11 is 0. The van der Waals surface area contributed by atoms with Crippen LogP contribution in [0.4, 0.5) is 11.6 Å². The van der Waals surface area contributed by atoms with Gasteiger partial charge in [-0.05, 0) is 61.0 Å². The highest BCUT2D eigenvalue weighted by molar-refractivity contribution is 5.79. The molecule has 24 heavy (non-hydrogen) atoms. The van der Waals surface area contributed by atoms with Crippen LogP contribution in [0.2, 0.25) is 0 Å². The number of aromatic amines is 1. The molecule has 0 radical (unpaired) electrons. The van der Waals surface area contributed by atoms with Crippen LogP contribution in [0.25, 0.3) is 11.0 Å². The summed E-state index contributed by atoms with van der Waals surface area (Å²) in [5.74, 6) is 2.35. The van der Waals surface area contributed by atoms with E-state index in [1.807, 2.05) is 60.7 Å². The minimum atomic E-state index is 0.729. The molecule has 0 unspecified atom stereocenters. The van der Waals surface area contributed by atoms with E-state index in [1.165, 1.54) is 5.56 Å². The number of fused-ring (bicyclic) bond motifs is 1. The SMILES string of the molecule is Cc1ccc2nc(Nc3ccc(Oc4ccccc4)cc3)[nH]c2c1. The molecule has 0 saturated heterocycles. The van der Waals surface area contributed by atoms with Crippen LogP contribution in [0.5, 0.6) is 11.5 Å². The lowest BCUT2D eigenvalue weighted by molar-refractivity contribution is 0.483. The fraction of sp³-hybridized carbons (Fsp3) is 0.0500. The Morgan fingerprint density at radius 3 is 2.42 bits per heavy atom. The van der Waals surface area contributed by atoms with Gasteiger partial charge in [-0.1, -0.05) is 24.3 Å². The number of benzene rings is 3. The van der Waals surface area contributed by atoms with Gasteiger partial charge in [-0.15, -0.1) is 0 Å². The fourth-order valence-electron chi connectivity index (χ4n) is 2.55. The highest BCUT2D eigenvalue weighted by atomic mass is 16.5. The van der Waals surface area contributed by atoms with Crippen molar-refractivity contribution in [2.45, 2.75) is 6.92 Å². The second-order valence-electron chi connectivity index (χ2n) is 5.67. The second-order valence-corrected chi connectivity index (χ2v) is 5.67. The van der Waals surface area contributed by atoms with E-state index in [2.05, 4.69) is 34.3 Å². The standard InChI is InChI=1S/C20H17N3O/c1-14-7-12-18-19(13-14)23-20(22-18)21-15-8-10-17(11-9-15)24-16-5-3-2-4-6-16/h2-13H,1H3,(H2,21,22,23). The summed E-state index contributed by atoms with van der Waals surface area (Å²) in [7, 11) is 0. The molecule has 4 heteroatoms. The van der Waals surface area contributed by atoms with E-state index < -0.39 is 0 Å². The molecule has 0 amide bonds. The van der Waals surface area contributed by atoms with Crippen LogP contribution in [0, 0.1) is 6.92 Å². The van der Waals surface area contributed by atoms with Gasteiger partial charge in [0.25, 0.3) is 0 Å². The van der Waals surface area contributed by atoms with Crippen LogP contribution in [-0.4, -0.2) is 9.97 Å². The monoisotopic (exact) mass is 315 g/mol. The van der Waals surface area contributed by atoms with E-state index in [1.54, 1.807) is 0 Å². The molecule has 0 spiro atoms. The maximum atomic E-state index is 5.79. The number of anilines is 2. The van der Waals surface area contributed by atoms with Crippen molar-refractivity contribution < 1.29 is 4.74 Å². The Hall–Kier alpha value is -3.27. The van der Waals surface area contributed by atoms with Crippen LogP contribution in [0.3, 0.4) is 0 Å². The maximum Gasteiger partial charge on any atom is 0.205 e. The number of imidazole rings is 1. The number of ether oxygens (including phenoxy) is 1. The molecule has 3 aromatic carbocycles. The first-order valence-electron chi connectivity index (χ1n) is 7.83. The topological polar surface area (TPSA) is 49.9 Å². The summed E-state index contributed by atoms with van der Waals surface area (Å²) in [5.41, 5.74) is 4.14. The maximum absolute atomic E-state index is 5.79. The van der Waals surface area contributed by atoms with Crippen LogP contribution in [0.1, 0.15) is 5.56 Å². The van der Waals surface area contributed by atoms with E-state index in [4.69, 9.17) is 4.74 Å². The van der Waals surface area contributed by atoms with Crippen LogP contribution in [-0.2, 0) is 0 Å². The molecule has 0 saturated carbocycles. The van der Waals surface area contributed by atoms with Crippen LogP contribution >= 0.6 is 0 Å². The Labute approximate surface area is 140 Å². The third-order valence-corrected chi connectivity index (χ3v) is 3.73. The van der Waals surface area contributed by atoms with Gasteiger partial charge >= 0.3 is 0 Å². The van der Waals surface area contributed by atoms with Gasteiger partial charge in [-0.2, -0.15) is 0 Å². The Bertz CT molecular complexity index is 959. The summed E-state index contributed by atoms with van der Waals surface area (Å²) in [5, 5.41) is 3.28. The normalized spacial score (nSPS) is 10.7. The number of rotatable bonds is 4. The Kier molecular flexibility index (Phi) is 3.63. The smallest absolute Gasteiger partial charge is 0.205 e. The van der Waals surface area contributed by atoms with Crippen molar-refractivity contribution in [3.05, 3.63) is 78.4 Å². The average molecular weight is 315 g/mol. The molecule has 0 bridgehead atoms. The van der Waals surface area contributed by atoms with Crippen molar-refractivity contribution in [1.82, 2.24) is 9.97 Å². The molecule has 1 heterocycles. The quantitative estimate of drug-likeness (QED) is 0.529. The summed E-state index contributed by atoms with van der Waals surface area (Å²) < 4.78 is 5.79. The summed E-state index contributed by atoms with van der Waals surface area (Å²) in [4.78, 5) is 7.83. The number of hydrogen-bond acceptors (Lipinski definition) is 3. The molecule has 4 nitrogen and oxygen atoms in total. The molecule has 0 aliphatic heterocycles. The molecular formula is C20H17N3O. The molecular weight excluding hydrogens is 298 g/mol. The minimum absolute atomic E-state index is 0.729. The summed E-state index contributed by atoms with van der Waals surface area (Å²) in [6.45, 7) is 2.07. The van der Waals surface area contributed by atoms with Gasteiger partial charge < -0.3 is 15.0 Å². The molecule has 4 rings (SSSR count). The van der Waals surface area contributed by atoms with Gasteiger partial charge in [0.05, 0.1) is 11.0 Å². The Morgan fingerprint density at radius 1 is 0.875 bits per heavy atom. The van der Waals surface area contributed by atoms with E-state index in [0.717, 1.165) is 34.2 Å². The van der Waals surface area contributed by atoms with Gasteiger partial charge in [-0.3, -0.25) is 0 Å². The number of aryl methyl sites for hydroxylation is 1. The molecule has 1 aromatic heterocycles. The zero-order chi connectivity index (χ0) is 16.4. The first-order valence-corrected chi connectivity index (χ1v) is 7.83. The van der Waals surface area contributed by atoms with Gasteiger partial charge in [0.15, 0.2) is 0 Å². The molecule has 2 N–H and O–H groups in total. The molecule has 0 aliphatic carbocycles. The Balaban J connectivity index is 1.50. The zero-order valence-electron chi connectivity index (χ0n) is 13.3. The third kappa shape index (κ3) is 3.08. The average Bonchev–Trinajstić information content (AvgIpc) is 2.99. The van der Waals surface area contributed by atoms with E-state index in [0.29, 0.717) is 0 Å². The largest absolute Gasteiger partial charge is 0.457 e. The van der Waals surface area contributed by atoms with Gasteiger partial charge in [-0.25, -0.2) is 4.98 Å². The van der Waals surface area contributed by atoms with E-state index in [9.17, 15) is 0 Å². The first kappa shape index (κ1) is 14.3. The predicted octanol–water partition coefficient (Wildman–Crippen LogP) is 5.41. The number of nitrogens with zero attached hydrogens (tertiary/aromatic N) is 1. The van der Waals surface area contributed by atoms with Gasteiger partial charge in [0, 0.05) is 5.69 Å². The highest BCUT2D eigenvalue weighted by Crippen LogP contribution is 2.24. The molecule has 4 aromatic rings. The van der Waals surface area contributed by atoms with E-state index >= 15 is 0 Å². The lowest BCUT2D eigenvalue weighted by Crippen LogP contribution is -1.92. The molecule has 118 valence electrons. The van der Waals surface area contributed by atoms with Crippen molar-refractivity contribution >= 4 is 22.7 Å².